The van der Waals surface area contributed by atoms with Gasteiger partial charge in [0.05, 0.1) is 30.0 Å². The van der Waals surface area contributed by atoms with Crippen molar-refractivity contribution in [2.75, 3.05) is 11.5 Å². The van der Waals surface area contributed by atoms with Crippen LogP contribution in [0.25, 0.3) is 10.2 Å². The van der Waals surface area contributed by atoms with Crippen molar-refractivity contribution in [3.8, 4) is 5.75 Å². The van der Waals surface area contributed by atoms with E-state index in [0.29, 0.717) is 24.7 Å². The van der Waals surface area contributed by atoms with Crippen LogP contribution in [0.5, 0.6) is 5.75 Å². The molecule has 2 aromatic carbocycles. The number of aromatic nitrogens is 2. The zero-order chi connectivity index (χ0) is 20.9. The summed E-state index contributed by atoms with van der Waals surface area (Å²) in [5.41, 5.74) is 3.76. The van der Waals surface area contributed by atoms with E-state index >= 15 is 0 Å². The van der Waals surface area contributed by atoms with Crippen LogP contribution in [0.15, 0.2) is 66.9 Å². The fourth-order valence-corrected chi connectivity index (χ4v) is 4.19. The molecule has 4 aromatic rings. The first-order valence-corrected chi connectivity index (χ1v) is 10.7. The zero-order valence-corrected chi connectivity index (χ0v) is 17.9. The van der Waals surface area contributed by atoms with Gasteiger partial charge in [0.2, 0.25) is 5.91 Å². The molecular formula is C24H23N3O2S. The number of nitrogens with zero attached hydrogens (tertiary/aromatic N) is 3. The Morgan fingerprint density at radius 1 is 1.07 bits per heavy atom. The molecule has 0 aliphatic heterocycles. The van der Waals surface area contributed by atoms with E-state index in [1.54, 1.807) is 11.1 Å². The smallest absolute Gasteiger partial charge is 0.233 e. The molecule has 2 aromatic heterocycles. The van der Waals surface area contributed by atoms with Gasteiger partial charge in [0.25, 0.3) is 0 Å². The van der Waals surface area contributed by atoms with Crippen molar-refractivity contribution < 1.29 is 9.53 Å². The van der Waals surface area contributed by atoms with Gasteiger partial charge in [-0.3, -0.25) is 14.7 Å². The molecule has 2 heterocycles. The summed E-state index contributed by atoms with van der Waals surface area (Å²) < 4.78 is 6.72. The molecule has 6 heteroatoms. The second-order valence-electron chi connectivity index (χ2n) is 7.00. The standard InChI is InChI=1S/C24H23N3O2S/c1-3-29-20-8-6-9-21-23(20)26-24(30-21)27(16-19-7-4-5-14-25-19)22(28)15-18-12-10-17(2)11-13-18/h4-14H,3,15-16H2,1-2H3. The minimum atomic E-state index is -0.0125. The Morgan fingerprint density at radius 3 is 2.63 bits per heavy atom. The third-order valence-corrected chi connectivity index (χ3v) is 5.77. The highest BCUT2D eigenvalue weighted by molar-refractivity contribution is 7.22. The van der Waals surface area contributed by atoms with Gasteiger partial charge in [-0.1, -0.05) is 53.3 Å². The van der Waals surface area contributed by atoms with Gasteiger partial charge in [0.1, 0.15) is 11.3 Å². The summed E-state index contributed by atoms with van der Waals surface area (Å²) in [5.74, 6) is 0.725. The van der Waals surface area contributed by atoms with E-state index in [2.05, 4.69) is 4.98 Å². The molecule has 0 spiro atoms. The van der Waals surface area contributed by atoms with E-state index in [4.69, 9.17) is 9.72 Å². The molecule has 4 rings (SSSR count). The lowest BCUT2D eigenvalue weighted by Gasteiger charge is -2.19. The number of ether oxygens (including phenoxy) is 1. The average molecular weight is 418 g/mol. The van der Waals surface area contributed by atoms with E-state index in [1.807, 2.05) is 74.5 Å². The molecule has 0 aliphatic rings. The van der Waals surface area contributed by atoms with Crippen molar-refractivity contribution in [1.82, 2.24) is 9.97 Å². The number of anilines is 1. The lowest BCUT2D eigenvalue weighted by atomic mass is 10.1. The second kappa shape index (κ2) is 9.05. The molecule has 0 aliphatic carbocycles. The number of aryl methyl sites for hydroxylation is 1. The van der Waals surface area contributed by atoms with Crippen LogP contribution >= 0.6 is 11.3 Å². The minimum Gasteiger partial charge on any atom is -0.492 e. The summed E-state index contributed by atoms with van der Waals surface area (Å²) in [6.07, 6.45) is 2.05. The molecular weight excluding hydrogens is 394 g/mol. The maximum Gasteiger partial charge on any atom is 0.233 e. The number of fused-ring (bicyclic) bond motifs is 1. The van der Waals surface area contributed by atoms with Crippen LogP contribution in [0.2, 0.25) is 0 Å². The van der Waals surface area contributed by atoms with E-state index in [9.17, 15) is 4.79 Å². The number of amides is 1. The first kappa shape index (κ1) is 20.0. The third kappa shape index (κ3) is 4.49. The summed E-state index contributed by atoms with van der Waals surface area (Å²) in [4.78, 5) is 24.2. The van der Waals surface area contributed by atoms with Crippen molar-refractivity contribution in [1.29, 1.82) is 0 Å². The van der Waals surface area contributed by atoms with E-state index in [0.717, 1.165) is 27.2 Å². The summed E-state index contributed by atoms with van der Waals surface area (Å²) >= 11 is 1.49. The fraction of sp³-hybridized carbons (Fsp3) is 0.208. The van der Waals surface area contributed by atoms with Gasteiger partial charge in [0, 0.05) is 6.20 Å². The van der Waals surface area contributed by atoms with Crippen LogP contribution in [-0.4, -0.2) is 22.5 Å². The molecule has 0 saturated carbocycles. The van der Waals surface area contributed by atoms with Crippen LogP contribution in [0.1, 0.15) is 23.7 Å². The van der Waals surface area contributed by atoms with Crippen LogP contribution in [0, 0.1) is 6.92 Å². The van der Waals surface area contributed by atoms with Crippen molar-refractivity contribution in [2.45, 2.75) is 26.8 Å². The Bertz CT molecular complexity index is 1140. The third-order valence-electron chi connectivity index (χ3n) is 4.72. The number of pyridine rings is 1. The summed E-state index contributed by atoms with van der Waals surface area (Å²) in [7, 11) is 0. The number of carbonyl (C=O) groups is 1. The predicted molar refractivity (Wildman–Crippen MR) is 121 cm³/mol. The van der Waals surface area contributed by atoms with Crippen molar-refractivity contribution >= 4 is 32.6 Å². The van der Waals surface area contributed by atoms with Gasteiger partial charge in [-0.05, 0) is 43.7 Å². The summed E-state index contributed by atoms with van der Waals surface area (Å²) in [6, 6.07) is 19.6. The Hall–Kier alpha value is -3.25. The van der Waals surface area contributed by atoms with Crippen LogP contribution < -0.4 is 9.64 Å². The highest BCUT2D eigenvalue weighted by atomic mass is 32.1. The lowest BCUT2D eigenvalue weighted by molar-refractivity contribution is -0.118. The molecule has 0 saturated heterocycles. The maximum atomic E-state index is 13.3. The van der Waals surface area contributed by atoms with Crippen LogP contribution in [0.4, 0.5) is 5.13 Å². The SMILES string of the molecule is CCOc1cccc2sc(N(Cc3ccccn3)C(=O)Cc3ccc(C)cc3)nc12. The normalized spacial score (nSPS) is 10.9. The largest absolute Gasteiger partial charge is 0.492 e. The fourth-order valence-electron chi connectivity index (χ4n) is 3.19. The molecule has 0 atom stereocenters. The van der Waals surface area contributed by atoms with Crippen molar-refractivity contribution in [3.05, 3.63) is 83.7 Å². The molecule has 0 radical (unpaired) electrons. The Balaban J connectivity index is 1.69. The number of hydrogen-bond donors (Lipinski definition) is 0. The van der Waals surface area contributed by atoms with Gasteiger partial charge in [-0.2, -0.15) is 0 Å². The van der Waals surface area contributed by atoms with Crippen LogP contribution in [-0.2, 0) is 17.8 Å². The lowest BCUT2D eigenvalue weighted by Crippen LogP contribution is -2.32. The maximum absolute atomic E-state index is 13.3. The van der Waals surface area contributed by atoms with Gasteiger partial charge in [-0.25, -0.2) is 4.98 Å². The predicted octanol–water partition coefficient (Wildman–Crippen LogP) is 5.17. The molecule has 152 valence electrons. The number of para-hydroxylation sites is 1. The van der Waals surface area contributed by atoms with Gasteiger partial charge in [-0.15, -0.1) is 0 Å². The molecule has 5 nitrogen and oxygen atoms in total. The number of carbonyl (C=O) groups excluding carboxylic acids is 1. The van der Waals surface area contributed by atoms with Crippen molar-refractivity contribution in [3.63, 3.8) is 0 Å². The van der Waals surface area contributed by atoms with Gasteiger partial charge < -0.3 is 4.74 Å². The van der Waals surface area contributed by atoms with Gasteiger partial charge in [0.15, 0.2) is 5.13 Å². The molecule has 0 bridgehead atoms. The second-order valence-corrected chi connectivity index (χ2v) is 8.00. The zero-order valence-electron chi connectivity index (χ0n) is 17.0. The number of rotatable bonds is 7. The highest BCUT2D eigenvalue weighted by Gasteiger charge is 2.22. The Morgan fingerprint density at radius 2 is 1.90 bits per heavy atom. The summed E-state index contributed by atoms with van der Waals surface area (Å²) in [6.45, 7) is 4.92. The number of benzene rings is 2. The molecule has 1 amide bonds. The number of hydrogen-bond acceptors (Lipinski definition) is 5. The first-order valence-electron chi connectivity index (χ1n) is 9.92. The highest BCUT2D eigenvalue weighted by Crippen LogP contribution is 2.35. The van der Waals surface area contributed by atoms with Gasteiger partial charge >= 0.3 is 0 Å². The summed E-state index contributed by atoms with van der Waals surface area (Å²) in [5, 5.41) is 0.653. The Kier molecular flexibility index (Phi) is 6.05. The van der Waals surface area contributed by atoms with E-state index in [1.165, 1.54) is 16.9 Å². The van der Waals surface area contributed by atoms with E-state index < -0.39 is 0 Å². The molecule has 0 N–H and O–H groups in total. The van der Waals surface area contributed by atoms with Crippen molar-refractivity contribution in [2.24, 2.45) is 0 Å². The Labute approximate surface area is 180 Å². The average Bonchev–Trinajstić information content (AvgIpc) is 3.19. The topological polar surface area (TPSA) is 55.3 Å². The van der Waals surface area contributed by atoms with E-state index in [-0.39, 0.29) is 5.91 Å². The molecule has 0 fully saturated rings. The number of thiazole rings is 1. The first-order chi connectivity index (χ1) is 14.6. The molecule has 30 heavy (non-hydrogen) atoms. The van der Waals surface area contributed by atoms with Crippen LogP contribution in [0.3, 0.4) is 0 Å². The monoisotopic (exact) mass is 417 g/mol. The quantitative estimate of drug-likeness (QED) is 0.416. The molecule has 0 unspecified atom stereocenters. The minimum absolute atomic E-state index is 0.0125.